The third-order valence-electron chi connectivity index (χ3n) is 18.0. The van der Waals surface area contributed by atoms with E-state index >= 15 is 0 Å². The predicted molar refractivity (Wildman–Crippen MR) is 427 cm³/mol. The fourth-order valence-corrected chi connectivity index (χ4v) is 15.3. The molecule has 0 bridgehead atoms. The summed E-state index contributed by atoms with van der Waals surface area (Å²) in [4.78, 5) is 28.8. The summed E-state index contributed by atoms with van der Waals surface area (Å²) < 4.78 is 5.18. The van der Waals surface area contributed by atoms with Crippen LogP contribution in [0.5, 0.6) is 0 Å². The van der Waals surface area contributed by atoms with E-state index in [-0.39, 0.29) is 5.28 Å². The molecule has 18 aromatic rings. The number of hydrogen-bond acceptors (Lipinski definition) is 10. The van der Waals surface area contributed by atoms with Gasteiger partial charge in [-0.3, -0.25) is 0 Å². The molecule has 2 N–H and O–H groups in total. The Morgan fingerprint density at radius 3 is 0.882 bits per heavy atom. The summed E-state index contributed by atoms with van der Waals surface area (Å²) >= 11 is 9.95. The van der Waals surface area contributed by atoms with Gasteiger partial charge >= 0.3 is 7.12 Å². The molecule has 18 rings (SSSR count). The van der Waals surface area contributed by atoms with E-state index in [9.17, 15) is 0 Å². The largest absolute Gasteiger partial charge is 0.488 e. The molecule has 0 spiro atoms. The first-order valence-electron chi connectivity index (χ1n) is 33.5. The summed E-state index contributed by atoms with van der Waals surface area (Å²) in [6.07, 6.45) is 0. The maximum Gasteiger partial charge on any atom is 0.488 e. The second kappa shape index (κ2) is 29.3. The average Bonchev–Trinajstić information content (AvgIpc) is 1.43. The molecular formula is C90H60BClN6O2S2. The van der Waals surface area contributed by atoms with E-state index in [1.165, 1.54) is 57.0 Å². The van der Waals surface area contributed by atoms with Gasteiger partial charge in [0.15, 0.2) is 29.1 Å². The Labute approximate surface area is 603 Å². The molecule has 0 saturated heterocycles. The fraction of sp³-hybridized carbons (Fsp3) is 0. The lowest BCUT2D eigenvalue weighted by Crippen LogP contribution is -2.29. The third-order valence-corrected chi connectivity index (χ3v) is 20.5. The summed E-state index contributed by atoms with van der Waals surface area (Å²) in [5.74, 6) is 3.04. The van der Waals surface area contributed by atoms with E-state index in [1.54, 1.807) is 23.5 Å². The summed E-state index contributed by atoms with van der Waals surface area (Å²) in [6.45, 7) is 0. The van der Waals surface area contributed by atoms with Crippen molar-refractivity contribution in [1.82, 2.24) is 29.9 Å². The van der Waals surface area contributed by atoms with Crippen LogP contribution in [0, 0.1) is 0 Å². The Kier molecular flexibility index (Phi) is 18.5. The van der Waals surface area contributed by atoms with E-state index in [4.69, 9.17) is 41.6 Å². The van der Waals surface area contributed by atoms with Gasteiger partial charge in [-0.2, -0.15) is 9.97 Å². The van der Waals surface area contributed by atoms with Crippen LogP contribution < -0.4 is 5.46 Å². The van der Waals surface area contributed by atoms with Gasteiger partial charge in [-0.15, -0.1) is 22.7 Å². The minimum absolute atomic E-state index is 0.176. The smallest absolute Gasteiger partial charge is 0.423 e. The maximum absolute atomic E-state index is 9.16. The topological polar surface area (TPSA) is 118 Å². The molecule has 0 saturated carbocycles. The molecule has 484 valence electrons. The van der Waals surface area contributed by atoms with Crippen molar-refractivity contribution in [2.24, 2.45) is 0 Å². The van der Waals surface area contributed by atoms with Gasteiger partial charge in [-0.05, 0) is 108 Å². The van der Waals surface area contributed by atoms with Gasteiger partial charge in [0.25, 0.3) is 0 Å². The SMILES string of the molecule is Clc1nc(-c2ccc(-c3ccccc3)cc2)nc(-c2ccccc2-c2ccccc2)n1.OB(O)c1ccc(-c2ccc3c(c2)sc2ccccc23)cc1.c1ccc(-c2ccc(-c3nc(-c4ccc(-c5ccc6c(c5)sc5ccccc56)cc4)nc(-c4ccccc4-c4ccccc4)n3)cc2)cc1. The molecule has 12 heteroatoms. The van der Waals surface area contributed by atoms with E-state index in [0.717, 1.165) is 77.9 Å². The zero-order chi connectivity index (χ0) is 68.7. The van der Waals surface area contributed by atoms with E-state index in [2.05, 4.69) is 253 Å². The molecule has 0 aliphatic rings. The number of fused-ring (bicyclic) bond motifs is 6. The molecule has 8 nitrogen and oxygen atoms in total. The van der Waals surface area contributed by atoms with Gasteiger partial charge < -0.3 is 10.0 Å². The molecule has 102 heavy (non-hydrogen) atoms. The first kappa shape index (κ1) is 64.5. The molecule has 0 aliphatic carbocycles. The Morgan fingerprint density at radius 2 is 0.480 bits per heavy atom. The highest BCUT2D eigenvalue weighted by atomic mass is 35.5. The number of thiophene rings is 2. The maximum atomic E-state index is 9.16. The standard InChI is InChI=1S/C45H29N3S.C27H18ClN3.C18H13BO2S/c1-3-11-30(12-4-1)31-19-23-34(24-20-31)43-46-44(48-45(47-43)40-17-8-7-15-37(40)33-13-5-2-6-14-33)35-25-21-32(22-26-35)36-27-28-39-38-16-9-10-18-41(38)49-42(39)29-36;28-27-30-25(22-17-15-20(16-18-22)19-9-3-1-4-10-19)29-26(31-27)24-14-8-7-13-23(24)21-11-5-2-6-12-21;20-19(21)14-8-5-12(6-9-14)13-7-10-16-15-3-1-2-4-17(15)22-18(16)11-13/h1-29H;1-18H;1-11,20-21H. The molecule has 4 aromatic heterocycles. The number of hydrogen-bond donors (Lipinski definition) is 2. The normalized spacial score (nSPS) is 11.1. The van der Waals surface area contributed by atoms with E-state index in [0.29, 0.717) is 34.6 Å². The zero-order valence-electron chi connectivity index (χ0n) is 54.8. The number of rotatable bonds is 12. The zero-order valence-corrected chi connectivity index (χ0v) is 57.2. The lowest BCUT2D eigenvalue weighted by Gasteiger charge is -2.12. The van der Waals surface area contributed by atoms with Crippen LogP contribution in [0.1, 0.15) is 0 Å². The first-order valence-corrected chi connectivity index (χ1v) is 35.5. The molecule has 14 aromatic carbocycles. The number of nitrogens with zero attached hydrogens (tertiary/aromatic N) is 6. The summed E-state index contributed by atoms with van der Waals surface area (Å²) in [7, 11) is -1.42. The van der Waals surface area contributed by atoms with Crippen molar-refractivity contribution in [2.45, 2.75) is 0 Å². The van der Waals surface area contributed by atoms with Crippen LogP contribution in [0.15, 0.2) is 352 Å². The predicted octanol–water partition coefficient (Wildman–Crippen LogP) is 22.8. The minimum atomic E-state index is -1.42. The lowest BCUT2D eigenvalue weighted by atomic mass is 9.80. The summed E-state index contributed by atoms with van der Waals surface area (Å²) in [5.41, 5.74) is 18.7. The highest BCUT2D eigenvalue weighted by molar-refractivity contribution is 7.26. The second-order valence-electron chi connectivity index (χ2n) is 24.5. The van der Waals surface area contributed by atoms with Gasteiger partial charge in [-0.25, -0.2) is 19.9 Å². The van der Waals surface area contributed by atoms with Gasteiger partial charge in [0, 0.05) is 68.2 Å². The highest BCUT2D eigenvalue weighted by Gasteiger charge is 2.19. The van der Waals surface area contributed by atoms with Gasteiger partial charge in [-0.1, -0.05) is 328 Å². The van der Waals surface area contributed by atoms with Crippen LogP contribution in [0.4, 0.5) is 0 Å². The Bertz CT molecular complexity index is 5970. The third kappa shape index (κ3) is 14.0. The Morgan fingerprint density at radius 1 is 0.216 bits per heavy atom. The van der Waals surface area contributed by atoms with Crippen molar-refractivity contribution in [3.63, 3.8) is 0 Å². The first-order chi connectivity index (χ1) is 50.3. The van der Waals surface area contributed by atoms with Crippen LogP contribution in [-0.4, -0.2) is 47.1 Å². The average molecular weight is 1370 g/mol. The van der Waals surface area contributed by atoms with Gasteiger partial charge in [0.05, 0.1) is 0 Å². The lowest BCUT2D eigenvalue weighted by molar-refractivity contribution is 0.426. The van der Waals surface area contributed by atoms with Crippen molar-refractivity contribution in [1.29, 1.82) is 0 Å². The minimum Gasteiger partial charge on any atom is -0.423 e. The molecule has 0 radical (unpaired) electrons. The summed E-state index contributed by atoms with van der Waals surface area (Å²) in [5, 5.41) is 23.7. The van der Waals surface area contributed by atoms with Crippen LogP contribution in [0.2, 0.25) is 5.28 Å². The Balaban J connectivity index is 0.000000129. The van der Waals surface area contributed by atoms with Crippen molar-refractivity contribution in [3.8, 4) is 124 Å². The van der Waals surface area contributed by atoms with Gasteiger partial charge in [0.1, 0.15) is 0 Å². The molecule has 0 aliphatic heterocycles. The van der Waals surface area contributed by atoms with Crippen LogP contribution in [-0.2, 0) is 0 Å². The number of benzene rings is 14. The number of halogens is 1. The van der Waals surface area contributed by atoms with Crippen LogP contribution in [0.3, 0.4) is 0 Å². The quantitative estimate of drug-likeness (QED) is 0.116. The van der Waals surface area contributed by atoms with Gasteiger partial charge in [0.2, 0.25) is 5.28 Å². The molecule has 4 heterocycles. The van der Waals surface area contributed by atoms with Crippen LogP contribution in [0.25, 0.3) is 164 Å². The molecule has 0 unspecified atom stereocenters. The van der Waals surface area contributed by atoms with Crippen LogP contribution >= 0.6 is 34.3 Å². The summed E-state index contributed by atoms with van der Waals surface area (Å²) in [6, 6.07) is 121. The molecular weight excluding hydrogens is 1310 g/mol. The fourth-order valence-electron chi connectivity index (χ4n) is 12.8. The second-order valence-corrected chi connectivity index (χ2v) is 27.0. The highest BCUT2D eigenvalue weighted by Crippen LogP contribution is 2.40. The van der Waals surface area contributed by atoms with Crippen molar-refractivity contribution >= 4 is 87.2 Å². The monoisotopic (exact) mass is 1370 g/mol. The van der Waals surface area contributed by atoms with Crippen molar-refractivity contribution < 1.29 is 10.0 Å². The van der Waals surface area contributed by atoms with E-state index < -0.39 is 7.12 Å². The Hall–Kier alpha value is -12.2. The number of aromatic nitrogens is 6. The molecule has 0 amide bonds. The molecule has 0 atom stereocenters. The van der Waals surface area contributed by atoms with Crippen molar-refractivity contribution in [2.75, 3.05) is 0 Å². The molecule has 0 fully saturated rings. The van der Waals surface area contributed by atoms with E-state index in [1.807, 2.05) is 108 Å². The van der Waals surface area contributed by atoms with Crippen molar-refractivity contribution in [3.05, 3.63) is 357 Å².